The average Bonchev–Trinajstić information content (AvgIpc) is 3.24. The fourth-order valence-electron chi connectivity index (χ4n) is 3.65. The summed E-state index contributed by atoms with van der Waals surface area (Å²) in [7, 11) is 0. The molecule has 1 aliphatic heterocycles. The van der Waals surface area contributed by atoms with Crippen LogP contribution < -0.4 is 10.2 Å². The number of hydrogen-bond donors (Lipinski definition) is 0. The number of hydrogen-bond acceptors (Lipinski definition) is 4. The Labute approximate surface area is 169 Å². The summed E-state index contributed by atoms with van der Waals surface area (Å²) >= 11 is 0. The molecular formula is C24H25NO4. The van der Waals surface area contributed by atoms with Gasteiger partial charge in [-0.2, -0.15) is 0 Å². The maximum Gasteiger partial charge on any atom is 0.260 e. The van der Waals surface area contributed by atoms with E-state index in [1.54, 1.807) is 4.90 Å². The van der Waals surface area contributed by atoms with Gasteiger partial charge in [0.2, 0.25) is 11.2 Å². The van der Waals surface area contributed by atoms with Crippen LogP contribution in [0.25, 0.3) is 22.3 Å². The Morgan fingerprint density at radius 3 is 2.38 bits per heavy atom. The second kappa shape index (κ2) is 7.74. The number of rotatable bonds is 4. The van der Waals surface area contributed by atoms with E-state index < -0.39 is 0 Å². The number of amides is 1. The number of benzene rings is 2. The molecule has 0 bridgehead atoms. The molecule has 1 aromatic heterocycles. The quantitative estimate of drug-likeness (QED) is 0.662. The van der Waals surface area contributed by atoms with Gasteiger partial charge in [0.15, 0.2) is 12.4 Å². The summed E-state index contributed by atoms with van der Waals surface area (Å²) in [5.41, 5.74) is 4.18. The minimum Gasteiger partial charge on any atom is -0.476 e. The molecule has 0 N–H and O–H groups in total. The van der Waals surface area contributed by atoms with Crippen LogP contribution in [0.5, 0.6) is 5.75 Å². The van der Waals surface area contributed by atoms with Gasteiger partial charge in [-0.3, -0.25) is 9.59 Å². The Bertz CT molecular complexity index is 1120. The van der Waals surface area contributed by atoms with Gasteiger partial charge in [-0.15, -0.1) is 0 Å². The second-order valence-electron chi connectivity index (χ2n) is 7.76. The van der Waals surface area contributed by atoms with Crippen LogP contribution in [-0.4, -0.2) is 30.5 Å². The molecule has 5 nitrogen and oxygen atoms in total. The van der Waals surface area contributed by atoms with Gasteiger partial charge in [-0.1, -0.05) is 29.8 Å². The van der Waals surface area contributed by atoms with E-state index in [-0.39, 0.29) is 23.7 Å². The van der Waals surface area contributed by atoms with Crippen molar-refractivity contribution in [1.82, 2.24) is 4.90 Å². The molecule has 29 heavy (non-hydrogen) atoms. The summed E-state index contributed by atoms with van der Waals surface area (Å²) < 4.78 is 12.0. The average molecular weight is 391 g/mol. The zero-order valence-electron chi connectivity index (χ0n) is 17.1. The predicted octanol–water partition coefficient (Wildman–Crippen LogP) is 4.39. The van der Waals surface area contributed by atoms with E-state index in [1.807, 2.05) is 57.2 Å². The molecule has 5 heteroatoms. The zero-order valence-corrected chi connectivity index (χ0v) is 17.1. The molecule has 2 heterocycles. The van der Waals surface area contributed by atoms with Crippen LogP contribution in [-0.2, 0) is 4.79 Å². The Kier molecular flexibility index (Phi) is 5.14. The molecule has 2 aromatic carbocycles. The predicted molar refractivity (Wildman–Crippen MR) is 113 cm³/mol. The van der Waals surface area contributed by atoms with Crippen LogP contribution in [0, 0.1) is 20.8 Å². The van der Waals surface area contributed by atoms with Crippen molar-refractivity contribution in [3.8, 4) is 17.1 Å². The molecule has 0 aliphatic carbocycles. The van der Waals surface area contributed by atoms with Crippen molar-refractivity contribution >= 4 is 16.9 Å². The zero-order chi connectivity index (χ0) is 20.5. The van der Waals surface area contributed by atoms with Crippen molar-refractivity contribution in [3.63, 3.8) is 0 Å². The molecule has 1 aliphatic rings. The Morgan fingerprint density at radius 2 is 1.69 bits per heavy atom. The van der Waals surface area contributed by atoms with Crippen molar-refractivity contribution in [2.24, 2.45) is 0 Å². The first kappa shape index (κ1) is 19.2. The highest BCUT2D eigenvalue weighted by atomic mass is 16.5. The minimum absolute atomic E-state index is 0.0946. The third kappa shape index (κ3) is 3.77. The lowest BCUT2D eigenvalue weighted by Gasteiger charge is -2.17. The molecule has 0 radical (unpaired) electrons. The molecule has 1 fully saturated rings. The molecule has 0 saturated carbocycles. The molecule has 1 amide bonds. The lowest BCUT2D eigenvalue weighted by Crippen LogP contribution is -2.32. The fraction of sp³-hybridized carbons (Fsp3) is 0.333. The Morgan fingerprint density at radius 1 is 1.03 bits per heavy atom. The first-order valence-corrected chi connectivity index (χ1v) is 9.99. The van der Waals surface area contributed by atoms with Gasteiger partial charge in [0.1, 0.15) is 5.58 Å². The third-order valence-electron chi connectivity index (χ3n) is 5.58. The van der Waals surface area contributed by atoms with E-state index >= 15 is 0 Å². The number of carbonyl (C=O) groups excluding carboxylic acids is 1. The first-order chi connectivity index (χ1) is 13.9. The van der Waals surface area contributed by atoms with Gasteiger partial charge in [0.25, 0.3) is 5.91 Å². The van der Waals surface area contributed by atoms with Crippen molar-refractivity contribution in [3.05, 3.63) is 63.3 Å². The van der Waals surface area contributed by atoms with E-state index in [2.05, 4.69) is 0 Å². The highest BCUT2D eigenvalue weighted by Crippen LogP contribution is 2.32. The van der Waals surface area contributed by atoms with Crippen LogP contribution in [0.15, 0.2) is 45.6 Å². The Balaban J connectivity index is 1.80. The van der Waals surface area contributed by atoms with Crippen molar-refractivity contribution < 1.29 is 13.9 Å². The van der Waals surface area contributed by atoms with Gasteiger partial charge in [0, 0.05) is 18.7 Å². The van der Waals surface area contributed by atoms with E-state index in [1.165, 1.54) is 0 Å². The van der Waals surface area contributed by atoms with E-state index in [9.17, 15) is 9.59 Å². The smallest absolute Gasteiger partial charge is 0.260 e. The number of aryl methyl sites for hydroxylation is 3. The highest BCUT2D eigenvalue weighted by Gasteiger charge is 2.22. The second-order valence-corrected chi connectivity index (χ2v) is 7.76. The summed E-state index contributed by atoms with van der Waals surface area (Å²) in [6, 6.07) is 11.4. The number of fused-ring (bicyclic) bond motifs is 1. The van der Waals surface area contributed by atoms with Crippen LogP contribution in [0.2, 0.25) is 0 Å². The van der Waals surface area contributed by atoms with Crippen LogP contribution >= 0.6 is 0 Å². The Hall–Kier alpha value is -3.08. The van der Waals surface area contributed by atoms with Crippen LogP contribution in [0.3, 0.4) is 0 Å². The fourth-order valence-corrected chi connectivity index (χ4v) is 3.65. The topological polar surface area (TPSA) is 59.8 Å². The molecule has 150 valence electrons. The van der Waals surface area contributed by atoms with Crippen molar-refractivity contribution in [1.29, 1.82) is 0 Å². The number of ether oxygens (including phenoxy) is 1. The number of likely N-dealkylation sites (tertiary alicyclic amines) is 1. The molecule has 4 rings (SSSR count). The first-order valence-electron chi connectivity index (χ1n) is 9.99. The largest absolute Gasteiger partial charge is 0.476 e. The molecule has 0 spiro atoms. The lowest BCUT2D eigenvalue weighted by atomic mass is 10.0. The van der Waals surface area contributed by atoms with E-state index in [4.69, 9.17) is 9.15 Å². The summed E-state index contributed by atoms with van der Waals surface area (Å²) in [4.78, 5) is 27.5. The van der Waals surface area contributed by atoms with Gasteiger partial charge >= 0.3 is 0 Å². The van der Waals surface area contributed by atoms with Crippen molar-refractivity contribution in [2.45, 2.75) is 33.6 Å². The van der Waals surface area contributed by atoms with E-state index in [0.717, 1.165) is 48.2 Å². The maximum atomic E-state index is 13.3. The van der Waals surface area contributed by atoms with Gasteiger partial charge in [-0.05, 0) is 56.9 Å². The summed E-state index contributed by atoms with van der Waals surface area (Å²) in [5.74, 6) is 0.356. The van der Waals surface area contributed by atoms with Gasteiger partial charge < -0.3 is 14.1 Å². The molecule has 0 unspecified atom stereocenters. The highest BCUT2D eigenvalue weighted by molar-refractivity contribution is 5.84. The monoisotopic (exact) mass is 391 g/mol. The third-order valence-corrected chi connectivity index (χ3v) is 5.58. The maximum absolute atomic E-state index is 13.3. The summed E-state index contributed by atoms with van der Waals surface area (Å²) in [6.45, 7) is 7.27. The van der Waals surface area contributed by atoms with Gasteiger partial charge in [-0.25, -0.2) is 0 Å². The standard InChI is InChI=1S/C24H25NO4/c1-15-6-8-18(9-7-15)23-24(28-14-21(26)25-10-4-5-11-25)22(27)19-12-16(2)17(3)13-20(19)29-23/h6-9,12-13H,4-5,10-11,14H2,1-3H3. The molecule has 0 atom stereocenters. The molecule has 3 aromatic rings. The SMILES string of the molecule is Cc1ccc(-c2oc3cc(C)c(C)cc3c(=O)c2OCC(=O)N2CCCC2)cc1. The van der Waals surface area contributed by atoms with Crippen LogP contribution in [0.4, 0.5) is 0 Å². The lowest BCUT2D eigenvalue weighted by molar-refractivity contribution is -0.132. The van der Waals surface area contributed by atoms with Gasteiger partial charge in [0.05, 0.1) is 5.39 Å². The summed E-state index contributed by atoms with van der Waals surface area (Å²) in [5, 5.41) is 0.465. The van der Waals surface area contributed by atoms with Crippen LogP contribution in [0.1, 0.15) is 29.5 Å². The van der Waals surface area contributed by atoms with E-state index in [0.29, 0.717) is 16.7 Å². The number of nitrogens with zero attached hydrogens (tertiary/aromatic N) is 1. The minimum atomic E-state index is -0.251. The number of carbonyl (C=O) groups is 1. The normalized spacial score (nSPS) is 13.8. The molecular weight excluding hydrogens is 366 g/mol. The van der Waals surface area contributed by atoms with Crippen molar-refractivity contribution in [2.75, 3.05) is 19.7 Å². The summed E-state index contributed by atoms with van der Waals surface area (Å²) in [6.07, 6.45) is 2.02. The molecule has 1 saturated heterocycles.